The third kappa shape index (κ3) is 4.62. The van der Waals surface area contributed by atoms with Gasteiger partial charge in [-0.1, -0.05) is 64.6 Å². The van der Waals surface area contributed by atoms with Gasteiger partial charge in [0.1, 0.15) is 0 Å². The maximum Gasteiger partial charge on any atom is 0.0534 e. The summed E-state index contributed by atoms with van der Waals surface area (Å²) in [6.45, 7) is 11.9. The van der Waals surface area contributed by atoms with Crippen molar-refractivity contribution in [3.8, 4) is 0 Å². The summed E-state index contributed by atoms with van der Waals surface area (Å²) in [6.07, 6.45) is 2.82. The Morgan fingerprint density at radius 2 is 1.45 bits per heavy atom. The van der Waals surface area contributed by atoms with Crippen LogP contribution in [-0.2, 0) is 0 Å². The van der Waals surface area contributed by atoms with Gasteiger partial charge in [-0.15, -0.1) is 0 Å². The van der Waals surface area contributed by atoms with Gasteiger partial charge in [-0.2, -0.15) is 0 Å². The van der Waals surface area contributed by atoms with E-state index in [1.165, 1.54) is 18.9 Å². The quantitative estimate of drug-likeness (QED) is 0.546. The molecule has 0 aromatic carbocycles. The van der Waals surface area contributed by atoms with Gasteiger partial charge in [-0.05, 0) is 0 Å². The monoisotopic (exact) mass is 171 g/mol. The second kappa shape index (κ2) is 5.82. The molecule has 0 amide bonds. The molecule has 0 rings (SSSR count). The minimum atomic E-state index is -0.0413. The average Bonchev–Trinajstić information content (AvgIpc) is 1.87. The van der Waals surface area contributed by atoms with E-state index in [1.54, 1.807) is 0 Å². The standard InChI is InChI=1S/C10H23Si/c1-6-7-8-11(9(2)3)10(4)5/h9-10H,6-8H2,1-5H3. The number of unbranched alkanes of at least 4 members (excludes halogenated alkanes) is 1. The van der Waals surface area contributed by atoms with E-state index >= 15 is 0 Å². The van der Waals surface area contributed by atoms with Gasteiger partial charge in [0.15, 0.2) is 0 Å². The summed E-state index contributed by atoms with van der Waals surface area (Å²) in [5, 5.41) is 0. The second-order valence-electron chi connectivity index (χ2n) is 3.99. The van der Waals surface area contributed by atoms with E-state index < -0.39 is 0 Å². The van der Waals surface area contributed by atoms with Gasteiger partial charge >= 0.3 is 0 Å². The highest BCUT2D eigenvalue weighted by Gasteiger charge is 2.18. The van der Waals surface area contributed by atoms with Crippen LogP contribution in [0.4, 0.5) is 0 Å². The molecule has 0 aliphatic heterocycles. The molecule has 0 spiro atoms. The molecule has 0 aliphatic rings. The Morgan fingerprint density at radius 3 is 1.73 bits per heavy atom. The molecular weight excluding hydrogens is 148 g/mol. The van der Waals surface area contributed by atoms with E-state index in [-0.39, 0.29) is 8.80 Å². The zero-order valence-electron chi connectivity index (χ0n) is 8.78. The van der Waals surface area contributed by atoms with Crippen LogP contribution >= 0.6 is 0 Å². The molecular formula is C10H23Si. The summed E-state index contributed by atoms with van der Waals surface area (Å²) in [5.74, 6) is 0. The van der Waals surface area contributed by atoms with Crippen LogP contribution in [0.1, 0.15) is 47.5 Å². The molecule has 0 aliphatic carbocycles. The molecule has 0 unspecified atom stereocenters. The molecule has 67 valence electrons. The van der Waals surface area contributed by atoms with Crippen molar-refractivity contribution >= 4 is 8.80 Å². The number of rotatable bonds is 5. The first-order valence-electron chi connectivity index (χ1n) is 4.95. The Balaban J connectivity index is 3.70. The van der Waals surface area contributed by atoms with Crippen molar-refractivity contribution in [2.24, 2.45) is 0 Å². The molecule has 0 saturated heterocycles. The summed E-state index contributed by atoms with van der Waals surface area (Å²) in [4.78, 5) is 0. The molecule has 0 heterocycles. The first-order chi connectivity index (χ1) is 5.09. The van der Waals surface area contributed by atoms with Crippen molar-refractivity contribution in [2.75, 3.05) is 0 Å². The number of hydrogen-bond donors (Lipinski definition) is 0. The topological polar surface area (TPSA) is 0 Å². The van der Waals surface area contributed by atoms with E-state index in [4.69, 9.17) is 0 Å². The van der Waals surface area contributed by atoms with Crippen molar-refractivity contribution in [2.45, 2.75) is 64.6 Å². The van der Waals surface area contributed by atoms with Crippen molar-refractivity contribution in [1.29, 1.82) is 0 Å². The van der Waals surface area contributed by atoms with Gasteiger partial charge in [0, 0.05) is 0 Å². The fourth-order valence-corrected chi connectivity index (χ4v) is 4.87. The van der Waals surface area contributed by atoms with Crippen molar-refractivity contribution < 1.29 is 0 Å². The van der Waals surface area contributed by atoms with Gasteiger partial charge < -0.3 is 0 Å². The fraction of sp³-hybridized carbons (Fsp3) is 1.00. The van der Waals surface area contributed by atoms with Gasteiger partial charge in [0.25, 0.3) is 0 Å². The Bertz CT molecular complexity index is 78.9. The van der Waals surface area contributed by atoms with E-state index in [0.29, 0.717) is 0 Å². The van der Waals surface area contributed by atoms with E-state index in [1.807, 2.05) is 0 Å². The molecule has 0 aromatic heterocycles. The van der Waals surface area contributed by atoms with Crippen LogP contribution in [0.3, 0.4) is 0 Å². The van der Waals surface area contributed by atoms with E-state index in [0.717, 1.165) is 11.1 Å². The van der Waals surface area contributed by atoms with Gasteiger partial charge in [-0.25, -0.2) is 0 Å². The van der Waals surface area contributed by atoms with Crippen LogP contribution in [0, 0.1) is 0 Å². The Kier molecular flexibility index (Phi) is 5.93. The third-order valence-corrected chi connectivity index (χ3v) is 6.20. The van der Waals surface area contributed by atoms with Crippen molar-refractivity contribution in [3.05, 3.63) is 0 Å². The molecule has 11 heavy (non-hydrogen) atoms. The largest absolute Gasteiger partial charge is 0.0654 e. The SMILES string of the molecule is CCCC[Si](C(C)C)C(C)C. The molecule has 0 nitrogen and oxygen atoms in total. The lowest BCUT2D eigenvalue weighted by molar-refractivity contribution is 0.831. The van der Waals surface area contributed by atoms with Gasteiger partial charge in [0.05, 0.1) is 8.80 Å². The third-order valence-electron chi connectivity index (χ3n) is 2.30. The summed E-state index contributed by atoms with van der Waals surface area (Å²) in [5.41, 5.74) is 1.93. The fourth-order valence-electron chi connectivity index (χ4n) is 1.62. The van der Waals surface area contributed by atoms with E-state index in [9.17, 15) is 0 Å². The highest BCUT2D eigenvalue weighted by atomic mass is 28.3. The molecule has 0 atom stereocenters. The minimum absolute atomic E-state index is 0.0413. The zero-order chi connectivity index (χ0) is 8.85. The smallest absolute Gasteiger partial charge is 0.0534 e. The Labute approximate surface area is 74.0 Å². The average molecular weight is 171 g/mol. The summed E-state index contributed by atoms with van der Waals surface area (Å²) in [7, 11) is -0.0413. The van der Waals surface area contributed by atoms with Crippen LogP contribution in [0.2, 0.25) is 17.1 Å². The molecule has 1 radical (unpaired) electrons. The molecule has 1 heteroatoms. The minimum Gasteiger partial charge on any atom is -0.0654 e. The summed E-state index contributed by atoms with van der Waals surface area (Å²) in [6, 6.07) is 1.52. The Morgan fingerprint density at radius 1 is 1.00 bits per heavy atom. The van der Waals surface area contributed by atoms with Crippen LogP contribution < -0.4 is 0 Å². The molecule has 0 fully saturated rings. The molecule has 0 bridgehead atoms. The van der Waals surface area contributed by atoms with Gasteiger partial charge in [0.2, 0.25) is 0 Å². The van der Waals surface area contributed by atoms with Crippen LogP contribution in [0.15, 0.2) is 0 Å². The molecule has 0 aromatic rings. The Hall–Kier alpha value is 0.217. The number of hydrogen-bond acceptors (Lipinski definition) is 0. The lowest BCUT2D eigenvalue weighted by Gasteiger charge is -2.22. The van der Waals surface area contributed by atoms with Crippen LogP contribution in [0.25, 0.3) is 0 Å². The highest BCUT2D eigenvalue weighted by Crippen LogP contribution is 2.24. The maximum absolute atomic E-state index is 2.39. The lowest BCUT2D eigenvalue weighted by atomic mass is 10.4. The molecule has 0 saturated carbocycles. The maximum atomic E-state index is 2.39. The van der Waals surface area contributed by atoms with Crippen LogP contribution in [0.5, 0.6) is 0 Å². The zero-order valence-corrected chi connectivity index (χ0v) is 9.78. The predicted octanol–water partition coefficient (Wildman–Crippen LogP) is 4.10. The van der Waals surface area contributed by atoms with Crippen molar-refractivity contribution in [3.63, 3.8) is 0 Å². The van der Waals surface area contributed by atoms with E-state index in [2.05, 4.69) is 34.6 Å². The highest BCUT2D eigenvalue weighted by molar-refractivity contribution is 6.61. The molecule has 0 N–H and O–H groups in total. The lowest BCUT2D eigenvalue weighted by Crippen LogP contribution is -2.20. The second-order valence-corrected chi connectivity index (χ2v) is 7.95. The summed E-state index contributed by atoms with van der Waals surface area (Å²) < 4.78 is 0. The van der Waals surface area contributed by atoms with Crippen molar-refractivity contribution in [1.82, 2.24) is 0 Å². The van der Waals surface area contributed by atoms with Crippen LogP contribution in [-0.4, -0.2) is 8.80 Å². The first-order valence-corrected chi connectivity index (χ1v) is 6.81. The normalized spacial score (nSPS) is 12.0. The van der Waals surface area contributed by atoms with Gasteiger partial charge in [-0.3, -0.25) is 0 Å². The summed E-state index contributed by atoms with van der Waals surface area (Å²) >= 11 is 0. The predicted molar refractivity (Wildman–Crippen MR) is 55.7 cm³/mol. The first kappa shape index (κ1) is 11.2.